The zero-order valence-electron chi connectivity index (χ0n) is 67.3. The van der Waals surface area contributed by atoms with Crippen molar-refractivity contribution < 1.29 is 194 Å². The number of hydrogen-bond donors (Lipinski definition) is 0. The minimum atomic E-state index is -1.34. The van der Waals surface area contributed by atoms with Gasteiger partial charge in [-0.15, -0.1) is 0 Å². The number of carbonyl (C=O) groups is 4. The van der Waals surface area contributed by atoms with Crippen molar-refractivity contribution in [2.45, 2.75) is 51.4 Å². The van der Waals surface area contributed by atoms with Gasteiger partial charge in [0.25, 0.3) is 0 Å². The molecule has 684 valence electrons. The summed E-state index contributed by atoms with van der Waals surface area (Å²) in [6, 6.07) is 64.1. The van der Waals surface area contributed by atoms with Gasteiger partial charge in [0.2, 0.25) is 0 Å². The Kier molecular flexibility index (Phi) is 64.6. The van der Waals surface area contributed by atoms with Crippen molar-refractivity contribution in [3.63, 3.8) is 0 Å². The number of aromatic carboxylic acids is 4. The number of hydrogen-bond acceptors (Lipinski definition) is 12. The number of rotatable bonds is 12. The van der Waals surface area contributed by atoms with Gasteiger partial charge in [-0.1, -0.05) is 170 Å². The monoisotopic (exact) mass is 1850 g/mol. The maximum absolute atomic E-state index is 13.1. The van der Waals surface area contributed by atoms with E-state index in [4.69, 9.17) is 18.9 Å². The van der Waals surface area contributed by atoms with Gasteiger partial charge in [0, 0.05) is 75.1 Å². The van der Waals surface area contributed by atoms with Crippen molar-refractivity contribution in [2.24, 2.45) is 0 Å². The Morgan fingerprint density at radius 3 is 0.349 bits per heavy atom. The van der Waals surface area contributed by atoms with Crippen LogP contribution in [0.4, 0.5) is 35.1 Å². The van der Waals surface area contributed by atoms with Crippen molar-refractivity contribution in [3.05, 3.63) is 336 Å². The smallest absolute Gasteiger partial charge is 0.545 e. The van der Waals surface area contributed by atoms with Crippen LogP contribution >= 0.6 is 0 Å². The third-order valence-electron chi connectivity index (χ3n) is 17.6. The standard InChI is InChI=1S/4C19H12F2O2.4C4H8O.2Fe.12H2O/c4*20-14-8-4-12(5-9-14)16-2-1-3-17(18(16)19(22)23)13-6-10-15(21)11-7-13;4*1-2-4-5-3-1;;;;;;;;;;;;;;/h4*1-11H,(H,22,23);4*1-4H2;;;12*1H2/q;;;;;;;;2*+2;;;;;;;;;;;;/p-4. The van der Waals surface area contributed by atoms with E-state index in [0.29, 0.717) is 89.0 Å². The minimum Gasteiger partial charge on any atom is -0.545 e. The molecule has 34 heteroatoms. The molecule has 0 saturated carbocycles. The summed E-state index contributed by atoms with van der Waals surface area (Å²) < 4.78 is 124. The predicted molar refractivity (Wildman–Crippen MR) is 450 cm³/mol. The molecule has 24 N–H and O–H groups in total. The van der Waals surface area contributed by atoms with Gasteiger partial charge in [0.1, 0.15) is 46.5 Å². The van der Waals surface area contributed by atoms with Crippen molar-refractivity contribution in [3.8, 4) is 89.0 Å². The first-order valence-electron chi connectivity index (χ1n) is 36.0. The molecule has 12 aromatic rings. The molecule has 0 aromatic heterocycles. The summed E-state index contributed by atoms with van der Waals surface area (Å²) in [4.78, 5) is 46.7. The van der Waals surface area contributed by atoms with E-state index in [0.717, 1.165) is 52.9 Å². The van der Waals surface area contributed by atoms with Crippen molar-refractivity contribution in [2.75, 3.05) is 52.9 Å². The van der Waals surface area contributed by atoms with E-state index in [2.05, 4.69) is 0 Å². The molecule has 4 aliphatic rings. The second kappa shape index (κ2) is 65.0. The number of benzene rings is 12. The van der Waals surface area contributed by atoms with Gasteiger partial charge in [-0.05, 0) is 237 Å². The molecule has 12 aromatic carbocycles. The summed E-state index contributed by atoms with van der Waals surface area (Å²) >= 11 is 0. The van der Waals surface area contributed by atoms with Crippen LogP contribution in [0.25, 0.3) is 89.0 Å². The van der Waals surface area contributed by atoms with Crippen LogP contribution in [0.5, 0.6) is 0 Å². The molecular weight excluding hydrogens is 1750 g/mol. The number of carbonyl (C=O) groups excluding carboxylic acids is 4. The Hall–Kier alpha value is -11.6. The van der Waals surface area contributed by atoms with Gasteiger partial charge >= 0.3 is 34.1 Å². The second-order valence-corrected chi connectivity index (χ2v) is 25.4. The van der Waals surface area contributed by atoms with Crippen LogP contribution in [0, 0.1) is 46.5 Å². The van der Waals surface area contributed by atoms with Crippen molar-refractivity contribution >= 4 is 23.9 Å². The summed E-state index contributed by atoms with van der Waals surface area (Å²) in [7, 11) is 0. The van der Waals surface area contributed by atoms with E-state index < -0.39 is 70.4 Å². The molecule has 0 unspecified atom stereocenters. The Balaban J connectivity index is -0.000000341. The fourth-order valence-electron chi connectivity index (χ4n) is 12.1. The Labute approximate surface area is 742 Å². The largest absolute Gasteiger partial charge is 2.00 e. The summed E-state index contributed by atoms with van der Waals surface area (Å²) in [5.74, 6) is -8.61. The van der Waals surface area contributed by atoms with Gasteiger partial charge in [0.05, 0.1) is 23.9 Å². The van der Waals surface area contributed by atoms with Crippen molar-refractivity contribution in [1.29, 1.82) is 0 Å². The maximum atomic E-state index is 13.1. The average Bonchev–Trinajstić information content (AvgIpc) is 1.40. The first kappa shape index (κ1) is 125. The summed E-state index contributed by atoms with van der Waals surface area (Å²) in [5.41, 5.74) is 7.86. The first-order chi connectivity index (χ1) is 54.2. The Bertz CT molecular complexity index is 4120. The third kappa shape index (κ3) is 37.7. The SMILES string of the molecule is C1CCOC1.C1CCOC1.C1CCOC1.C1CCOC1.O.O.O.O.O.O.O.O.O.O.O.O.O=C([O-])c1c(-c2ccc(F)cc2)cccc1-c1ccc(F)cc1.O=C([O-])c1c(-c2ccc(F)cc2)cccc1-c1ccc(F)cc1.O=C([O-])c1c(-c2ccc(F)cc2)cccc1-c1ccc(F)cc1.O=C([O-])c1c(-c2ccc(F)cc2)cccc1-c1ccc(F)cc1.[Fe+2].[Fe+2]. The maximum Gasteiger partial charge on any atom is 2.00 e. The van der Waals surface area contributed by atoms with E-state index >= 15 is 0 Å². The first-order valence-corrected chi connectivity index (χ1v) is 36.0. The predicted octanol–water partition coefficient (Wildman–Crippen LogP) is 7.94. The molecule has 24 nitrogen and oxygen atoms in total. The van der Waals surface area contributed by atoms with Crippen LogP contribution in [0.3, 0.4) is 0 Å². The molecule has 4 fully saturated rings. The zero-order valence-corrected chi connectivity index (χ0v) is 69.6. The summed E-state index contributed by atoms with van der Waals surface area (Å²) in [6.07, 6.45) is 10.2. The van der Waals surface area contributed by atoms with E-state index in [-0.39, 0.29) is 122 Å². The number of carboxylic acid groups (broad SMARTS) is 4. The van der Waals surface area contributed by atoms with Crippen LogP contribution in [0.15, 0.2) is 267 Å². The Morgan fingerprint density at radius 1 is 0.183 bits per heavy atom. The molecule has 126 heavy (non-hydrogen) atoms. The van der Waals surface area contributed by atoms with Crippen LogP contribution in [-0.4, -0.2) is 142 Å². The van der Waals surface area contributed by atoms with Crippen LogP contribution < -0.4 is 20.4 Å². The van der Waals surface area contributed by atoms with E-state index in [9.17, 15) is 74.7 Å². The van der Waals surface area contributed by atoms with Gasteiger partial charge in [0.15, 0.2) is 0 Å². The van der Waals surface area contributed by atoms with E-state index in [1.807, 2.05) is 0 Å². The molecule has 4 saturated heterocycles. The molecule has 0 amide bonds. The molecule has 4 aliphatic heterocycles. The Morgan fingerprint density at radius 2 is 0.278 bits per heavy atom. The molecule has 16 rings (SSSR count). The molecule has 0 radical (unpaired) electrons. The van der Waals surface area contributed by atoms with Gasteiger partial charge < -0.3 is 124 Å². The molecule has 0 spiro atoms. The fourth-order valence-corrected chi connectivity index (χ4v) is 12.1. The van der Waals surface area contributed by atoms with E-state index in [1.54, 1.807) is 72.8 Å². The van der Waals surface area contributed by atoms with Crippen LogP contribution in [0.1, 0.15) is 92.8 Å². The molecule has 0 aliphatic carbocycles. The van der Waals surface area contributed by atoms with Gasteiger partial charge in [-0.3, -0.25) is 0 Å². The quantitative estimate of drug-likeness (QED) is 0.0831. The number of halogens is 8. The van der Waals surface area contributed by atoms with Gasteiger partial charge in [-0.25, -0.2) is 35.1 Å². The molecule has 4 heterocycles. The second-order valence-electron chi connectivity index (χ2n) is 25.4. The topological polar surface area (TPSA) is 575 Å². The van der Waals surface area contributed by atoms with Crippen molar-refractivity contribution in [1.82, 2.24) is 0 Å². The van der Waals surface area contributed by atoms with E-state index in [1.165, 1.54) is 245 Å². The molecule has 0 bridgehead atoms. The number of ether oxygens (including phenoxy) is 4. The zero-order chi connectivity index (χ0) is 79.7. The van der Waals surface area contributed by atoms with Crippen LogP contribution in [-0.2, 0) is 53.1 Å². The van der Waals surface area contributed by atoms with Gasteiger partial charge in [-0.2, -0.15) is 0 Å². The summed E-state index contributed by atoms with van der Waals surface area (Å²) in [6.45, 7) is 8.00. The molecular formula is C92H100F8Fe2O24. The third-order valence-corrected chi connectivity index (χ3v) is 17.6. The molecule has 0 atom stereocenters. The summed E-state index contributed by atoms with van der Waals surface area (Å²) in [5, 5.41) is 46.7. The minimum absolute atomic E-state index is 0. The number of carboxylic acids is 4. The normalized spacial score (nSPS) is 11.5. The fraction of sp³-hybridized carbons (Fsp3) is 0.174. The van der Waals surface area contributed by atoms with Crippen LogP contribution in [0.2, 0.25) is 0 Å². The average molecular weight is 1850 g/mol.